The summed E-state index contributed by atoms with van der Waals surface area (Å²) in [5.74, 6) is 0.500. The predicted octanol–water partition coefficient (Wildman–Crippen LogP) is 3.15. The number of nitrogens with zero attached hydrogens (tertiary/aromatic N) is 1. The summed E-state index contributed by atoms with van der Waals surface area (Å²) < 4.78 is 5.99. The first-order valence-electron chi connectivity index (χ1n) is 8.13. The van der Waals surface area contributed by atoms with Crippen molar-refractivity contribution in [2.45, 2.75) is 81.9 Å². The molecule has 2 unspecified atom stereocenters. The van der Waals surface area contributed by atoms with Gasteiger partial charge in [-0.1, -0.05) is 19.3 Å². The van der Waals surface area contributed by atoms with Crippen LogP contribution in [-0.2, 0) is 4.74 Å². The molecule has 0 radical (unpaired) electrons. The molecule has 3 rings (SSSR count). The number of rotatable bonds is 6. The number of nitriles is 1. The molecule has 3 nitrogen and oxygen atoms in total. The van der Waals surface area contributed by atoms with Crippen LogP contribution in [0.5, 0.6) is 0 Å². The van der Waals surface area contributed by atoms with Crippen molar-refractivity contribution in [3.05, 3.63) is 0 Å². The van der Waals surface area contributed by atoms with Gasteiger partial charge in [-0.15, -0.1) is 0 Å². The third-order valence-corrected chi connectivity index (χ3v) is 5.18. The zero-order valence-electron chi connectivity index (χ0n) is 11.9. The maximum Gasteiger partial charge on any atom is 0.109 e. The molecule has 3 fully saturated rings. The van der Waals surface area contributed by atoms with E-state index in [2.05, 4.69) is 11.4 Å². The lowest BCUT2D eigenvalue weighted by molar-refractivity contribution is 0.0450. The summed E-state index contributed by atoms with van der Waals surface area (Å²) in [4.78, 5) is 0. The molecule has 3 saturated carbocycles. The van der Waals surface area contributed by atoms with Crippen LogP contribution in [0, 0.1) is 17.2 Å². The highest BCUT2D eigenvalue weighted by molar-refractivity contribution is 5.16. The van der Waals surface area contributed by atoms with E-state index in [1.54, 1.807) is 0 Å². The van der Waals surface area contributed by atoms with Gasteiger partial charge in [0, 0.05) is 12.6 Å². The average molecular weight is 262 g/mol. The predicted molar refractivity (Wildman–Crippen MR) is 74.7 cm³/mol. The van der Waals surface area contributed by atoms with Gasteiger partial charge in [0.05, 0.1) is 12.2 Å². The zero-order chi connectivity index (χ0) is 13.1. The summed E-state index contributed by atoms with van der Waals surface area (Å²) >= 11 is 0. The van der Waals surface area contributed by atoms with Crippen molar-refractivity contribution in [3.63, 3.8) is 0 Å². The van der Waals surface area contributed by atoms with E-state index in [-0.39, 0.29) is 5.54 Å². The topological polar surface area (TPSA) is 45.0 Å². The second-order valence-corrected chi connectivity index (χ2v) is 6.66. The lowest BCUT2D eigenvalue weighted by atomic mass is 9.86. The quantitative estimate of drug-likeness (QED) is 0.799. The Balaban J connectivity index is 1.48. The van der Waals surface area contributed by atoms with Gasteiger partial charge in [-0.25, -0.2) is 0 Å². The molecule has 0 aromatic rings. The summed E-state index contributed by atoms with van der Waals surface area (Å²) in [6, 6.07) is 3.23. The molecule has 3 aliphatic carbocycles. The molecule has 0 aromatic carbocycles. The van der Waals surface area contributed by atoms with E-state index in [4.69, 9.17) is 4.74 Å². The summed E-state index contributed by atoms with van der Waals surface area (Å²) in [5.41, 5.74) is -0.236. The first kappa shape index (κ1) is 13.4. The van der Waals surface area contributed by atoms with Crippen LogP contribution in [0.15, 0.2) is 0 Å². The SMILES string of the molecule is N#CC1(NC2CC2)CCCC1CCOC1CCCC1. The molecule has 0 bridgehead atoms. The third kappa shape index (κ3) is 3.12. The van der Waals surface area contributed by atoms with Crippen molar-refractivity contribution in [2.24, 2.45) is 5.92 Å². The van der Waals surface area contributed by atoms with Gasteiger partial charge in [0.2, 0.25) is 0 Å². The minimum absolute atomic E-state index is 0.236. The highest BCUT2D eigenvalue weighted by Gasteiger charge is 2.45. The van der Waals surface area contributed by atoms with Crippen molar-refractivity contribution in [1.29, 1.82) is 5.26 Å². The Morgan fingerprint density at radius 1 is 1.11 bits per heavy atom. The minimum Gasteiger partial charge on any atom is -0.378 e. The summed E-state index contributed by atoms with van der Waals surface area (Å²) in [6.07, 6.45) is 12.7. The van der Waals surface area contributed by atoms with Gasteiger partial charge in [0.15, 0.2) is 0 Å². The van der Waals surface area contributed by atoms with Gasteiger partial charge in [0.1, 0.15) is 5.54 Å². The monoisotopic (exact) mass is 262 g/mol. The number of hydrogen-bond donors (Lipinski definition) is 1. The van der Waals surface area contributed by atoms with Crippen molar-refractivity contribution < 1.29 is 4.74 Å². The fourth-order valence-electron chi connectivity index (χ4n) is 3.86. The molecule has 19 heavy (non-hydrogen) atoms. The van der Waals surface area contributed by atoms with Crippen LogP contribution in [0.25, 0.3) is 0 Å². The van der Waals surface area contributed by atoms with E-state index in [0.717, 1.165) is 19.4 Å². The number of hydrogen-bond acceptors (Lipinski definition) is 3. The lowest BCUT2D eigenvalue weighted by Crippen LogP contribution is -2.48. The van der Waals surface area contributed by atoms with Crippen molar-refractivity contribution in [1.82, 2.24) is 5.32 Å². The summed E-state index contributed by atoms with van der Waals surface area (Å²) in [7, 11) is 0. The Bertz CT molecular complexity index is 341. The van der Waals surface area contributed by atoms with Crippen LogP contribution < -0.4 is 5.32 Å². The average Bonchev–Trinajstić information content (AvgIpc) is 2.92. The smallest absolute Gasteiger partial charge is 0.109 e. The molecule has 106 valence electrons. The number of ether oxygens (including phenoxy) is 1. The van der Waals surface area contributed by atoms with Gasteiger partial charge in [-0.2, -0.15) is 5.26 Å². The minimum atomic E-state index is -0.236. The Morgan fingerprint density at radius 3 is 2.58 bits per heavy atom. The van der Waals surface area contributed by atoms with E-state index in [0.29, 0.717) is 18.1 Å². The summed E-state index contributed by atoms with van der Waals surface area (Å²) in [5, 5.41) is 13.2. The van der Waals surface area contributed by atoms with E-state index >= 15 is 0 Å². The van der Waals surface area contributed by atoms with Gasteiger partial charge < -0.3 is 4.74 Å². The fraction of sp³-hybridized carbons (Fsp3) is 0.938. The number of nitrogens with one attached hydrogen (secondary N) is 1. The second kappa shape index (κ2) is 5.81. The molecular weight excluding hydrogens is 236 g/mol. The molecule has 3 aliphatic rings. The Morgan fingerprint density at radius 2 is 1.89 bits per heavy atom. The molecule has 0 aromatic heterocycles. The molecule has 0 aliphatic heterocycles. The molecule has 0 spiro atoms. The highest BCUT2D eigenvalue weighted by atomic mass is 16.5. The molecule has 2 atom stereocenters. The van der Waals surface area contributed by atoms with Gasteiger partial charge in [-0.05, 0) is 50.9 Å². The molecule has 0 saturated heterocycles. The van der Waals surface area contributed by atoms with Crippen molar-refractivity contribution in [2.75, 3.05) is 6.61 Å². The highest BCUT2D eigenvalue weighted by Crippen LogP contribution is 2.40. The maximum atomic E-state index is 9.62. The van der Waals surface area contributed by atoms with Crippen LogP contribution in [0.2, 0.25) is 0 Å². The van der Waals surface area contributed by atoms with Gasteiger partial charge >= 0.3 is 0 Å². The van der Waals surface area contributed by atoms with Gasteiger partial charge in [-0.3, -0.25) is 5.32 Å². The van der Waals surface area contributed by atoms with E-state index in [1.165, 1.54) is 51.4 Å². The Hall–Kier alpha value is -0.590. The van der Waals surface area contributed by atoms with Crippen LogP contribution in [0.4, 0.5) is 0 Å². The Labute approximate surface area is 116 Å². The first-order valence-corrected chi connectivity index (χ1v) is 8.13. The fourth-order valence-corrected chi connectivity index (χ4v) is 3.86. The summed E-state index contributed by atoms with van der Waals surface area (Å²) in [6.45, 7) is 0.852. The molecule has 3 heteroatoms. The Kier molecular flexibility index (Phi) is 4.10. The van der Waals surface area contributed by atoms with E-state index in [9.17, 15) is 5.26 Å². The van der Waals surface area contributed by atoms with Crippen LogP contribution in [0.1, 0.15) is 64.2 Å². The molecule has 1 N–H and O–H groups in total. The van der Waals surface area contributed by atoms with Crippen molar-refractivity contribution >= 4 is 0 Å². The van der Waals surface area contributed by atoms with Crippen LogP contribution in [0.3, 0.4) is 0 Å². The van der Waals surface area contributed by atoms with E-state index < -0.39 is 0 Å². The van der Waals surface area contributed by atoms with E-state index in [1.807, 2.05) is 0 Å². The van der Waals surface area contributed by atoms with Crippen LogP contribution in [-0.4, -0.2) is 24.3 Å². The zero-order valence-corrected chi connectivity index (χ0v) is 11.9. The molecule has 0 heterocycles. The second-order valence-electron chi connectivity index (χ2n) is 6.66. The standard InChI is InChI=1S/C16H26N2O/c17-12-16(18-14-7-8-14)10-3-4-13(16)9-11-19-15-5-1-2-6-15/h13-15,18H,1-11H2. The van der Waals surface area contributed by atoms with Crippen molar-refractivity contribution in [3.8, 4) is 6.07 Å². The first-order chi connectivity index (χ1) is 9.32. The molecular formula is C16H26N2O. The maximum absolute atomic E-state index is 9.62. The third-order valence-electron chi connectivity index (χ3n) is 5.18. The normalized spacial score (nSPS) is 35.6. The molecule has 0 amide bonds. The largest absolute Gasteiger partial charge is 0.378 e. The van der Waals surface area contributed by atoms with Gasteiger partial charge in [0.25, 0.3) is 0 Å². The lowest BCUT2D eigenvalue weighted by Gasteiger charge is -2.30. The van der Waals surface area contributed by atoms with Crippen LogP contribution >= 0.6 is 0 Å².